The molecule has 0 radical (unpaired) electrons. The lowest BCUT2D eigenvalue weighted by molar-refractivity contribution is -0.145. The molecule has 1 aliphatic rings. The molecule has 1 aromatic carbocycles. The van der Waals surface area contributed by atoms with Crippen LogP contribution in [-0.2, 0) is 14.8 Å². The minimum Gasteiger partial charge on any atom is -0.497 e. The van der Waals surface area contributed by atoms with E-state index in [1.807, 2.05) is 0 Å². The summed E-state index contributed by atoms with van der Waals surface area (Å²) in [5, 5.41) is 9.54. The molecule has 8 heteroatoms. The fraction of sp³-hybridized carbons (Fsp3) is 0.533. The molecule has 0 aliphatic heterocycles. The van der Waals surface area contributed by atoms with E-state index in [0.717, 1.165) is 6.42 Å². The monoisotopic (exact) mass is 343 g/mol. The second-order valence-corrected chi connectivity index (χ2v) is 7.22. The SMILES string of the molecule is COc1ccc(OC)c(S(=O)(=O)NC2(C(=O)O)CCCCC2)c1. The van der Waals surface area contributed by atoms with E-state index in [2.05, 4.69) is 4.72 Å². The molecular formula is C15H21NO6S. The Kier molecular flexibility index (Phi) is 5.16. The number of hydrogen-bond donors (Lipinski definition) is 2. The Hall–Kier alpha value is -1.80. The van der Waals surface area contributed by atoms with E-state index >= 15 is 0 Å². The molecule has 0 aromatic heterocycles. The van der Waals surface area contributed by atoms with E-state index in [4.69, 9.17) is 9.47 Å². The summed E-state index contributed by atoms with van der Waals surface area (Å²) in [5.41, 5.74) is -1.47. The maximum atomic E-state index is 12.7. The number of ether oxygens (including phenoxy) is 2. The van der Waals surface area contributed by atoms with Crippen LogP contribution >= 0.6 is 0 Å². The molecular weight excluding hydrogens is 322 g/mol. The minimum absolute atomic E-state index is 0.134. The number of benzene rings is 1. The number of rotatable bonds is 6. The number of carboxylic acid groups (broad SMARTS) is 1. The summed E-state index contributed by atoms with van der Waals surface area (Å²) in [6.45, 7) is 0. The van der Waals surface area contributed by atoms with Gasteiger partial charge in [-0.2, -0.15) is 4.72 Å². The summed E-state index contributed by atoms with van der Waals surface area (Å²) in [6, 6.07) is 4.37. The molecule has 2 rings (SSSR count). The molecule has 0 unspecified atom stereocenters. The maximum absolute atomic E-state index is 12.7. The summed E-state index contributed by atoms with van der Waals surface area (Å²) >= 11 is 0. The van der Waals surface area contributed by atoms with E-state index in [-0.39, 0.29) is 23.5 Å². The van der Waals surface area contributed by atoms with Crippen LogP contribution in [0.25, 0.3) is 0 Å². The van der Waals surface area contributed by atoms with E-state index in [0.29, 0.717) is 18.6 Å². The molecule has 7 nitrogen and oxygen atoms in total. The van der Waals surface area contributed by atoms with Gasteiger partial charge in [-0.1, -0.05) is 19.3 Å². The zero-order valence-corrected chi connectivity index (χ0v) is 14.0. The normalized spacial score (nSPS) is 17.5. The van der Waals surface area contributed by atoms with Crippen LogP contribution in [0, 0.1) is 0 Å². The lowest BCUT2D eigenvalue weighted by atomic mass is 9.83. The van der Waals surface area contributed by atoms with E-state index in [1.54, 1.807) is 6.07 Å². The van der Waals surface area contributed by atoms with Gasteiger partial charge in [-0.3, -0.25) is 4.79 Å². The molecule has 0 amide bonds. The molecule has 0 bridgehead atoms. The predicted molar refractivity (Wildman–Crippen MR) is 83.3 cm³/mol. The highest BCUT2D eigenvalue weighted by atomic mass is 32.2. The minimum atomic E-state index is -4.07. The van der Waals surface area contributed by atoms with Gasteiger partial charge in [-0.05, 0) is 25.0 Å². The van der Waals surface area contributed by atoms with Crippen LogP contribution in [0.5, 0.6) is 11.5 Å². The van der Waals surface area contributed by atoms with Gasteiger partial charge in [-0.25, -0.2) is 8.42 Å². The number of carbonyl (C=O) groups is 1. The van der Waals surface area contributed by atoms with Gasteiger partial charge in [-0.15, -0.1) is 0 Å². The second-order valence-electron chi connectivity index (χ2n) is 5.57. The van der Waals surface area contributed by atoms with Crippen LogP contribution in [0.3, 0.4) is 0 Å². The van der Waals surface area contributed by atoms with Gasteiger partial charge in [0.15, 0.2) is 0 Å². The third kappa shape index (κ3) is 3.59. The number of nitrogens with one attached hydrogen (secondary N) is 1. The molecule has 2 N–H and O–H groups in total. The topological polar surface area (TPSA) is 102 Å². The van der Waals surface area contributed by atoms with Crippen molar-refractivity contribution in [1.82, 2.24) is 4.72 Å². The Labute approximate surface area is 135 Å². The fourth-order valence-corrected chi connectivity index (χ4v) is 4.42. The number of hydrogen-bond acceptors (Lipinski definition) is 5. The summed E-state index contributed by atoms with van der Waals surface area (Å²) in [7, 11) is -1.30. The van der Waals surface area contributed by atoms with Gasteiger partial charge in [0, 0.05) is 6.07 Å². The molecule has 0 saturated heterocycles. The highest BCUT2D eigenvalue weighted by Crippen LogP contribution is 2.33. The van der Waals surface area contributed by atoms with E-state index in [1.165, 1.54) is 26.4 Å². The van der Waals surface area contributed by atoms with Crippen LogP contribution in [0.4, 0.5) is 0 Å². The number of sulfonamides is 1. The number of methoxy groups -OCH3 is 2. The first-order valence-corrected chi connectivity index (χ1v) is 8.82. The quantitative estimate of drug-likeness (QED) is 0.816. The standard InChI is InChI=1S/C15H21NO6S/c1-21-11-6-7-12(22-2)13(10-11)23(19,20)16-15(14(17)18)8-4-3-5-9-15/h6-7,10,16H,3-5,8-9H2,1-2H3,(H,17,18). The highest BCUT2D eigenvalue weighted by Gasteiger charge is 2.43. The summed E-state index contributed by atoms with van der Waals surface area (Å²) < 4.78 is 38.0. The summed E-state index contributed by atoms with van der Waals surface area (Å²) in [4.78, 5) is 11.5. The zero-order valence-electron chi connectivity index (χ0n) is 13.2. The maximum Gasteiger partial charge on any atom is 0.324 e. The van der Waals surface area contributed by atoms with Crippen molar-refractivity contribution in [2.24, 2.45) is 0 Å². The van der Waals surface area contributed by atoms with Crippen LogP contribution in [0.1, 0.15) is 32.1 Å². The van der Waals surface area contributed by atoms with Gasteiger partial charge < -0.3 is 14.6 Å². The summed E-state index contributed by atoms with van der Waals surface area (Å²) in [5.74, 6) is -0.670. The third-order valence-electron chi connectivity index (χ3n) is 4.11. The Morgan fingerprint density at radius 1 is 1.17 bits per heavy atom. The van der Waals surface area contributed by atoms with Crippen molar-refractivity contribution in [3.8, 4) is 11.5 Å². The fourth-order valence-electron chi connectivity index (χ4n) is 2.82. The molecule has 1 fully saturated rings. The lowest BCUT2D eigenvalue weighted by Crippen LogP contribution is -2.55. The van der Waals surface area contributed by atoms with Gasteiger partial charge in [0.2, 0.25) is 10.0 Å². The van der Waals surface area contributed by atoms with Gasteiger partial charge in [0.05, 0.1) is 14.2 Å². The van der Waals surface area contributed by atoms with E-state index < -0.39 is 21.5 Å². The molecule has 23 heavy (non-hydrogen) atoms. The highest BCUT2D eigenvalue weighted by molar-refractivity contribution is 7.89. The van der Waals surface area contributed by atoms with Gasteiger partial charge >= 0.3 is 5.97 Å². The molecule has 0 heterocycles. The van der Waals surface area contributed by atoms with E-state index in [9.17, 15) is 18.3 Å². The van der Waals surface area contributed by atoms with Crippen LogP contribution in [0.15, 0.2) is 23.1 Å². The Bertz CT molecular complexity index is 679. The molecule has 0 spiro atoms. The van der Waals surface area contributed by atoms with Crippen molar-refractivity contribution in [2.75, 3.05) is 14.2 Å². The Balaban J connectivity index is 2.43. The lowest BCUT2D eigenvalue weighted by Gasteiger charge is -2.33. The Morgan fingerprint density at radius 3 is 2.35 bits per heavy atom. The number of aliphatic carboxylic acids is 1. The molecule has 1 saturated carbocycles. The van der Waals surface area contributed by atoms with Gasteiger partial charge in [0.1, 0.15) is 21.9 Å². The smallest absolute Gasteiger partial charge is 0.324 e. The second kappa shape index (κ2) is 6.76. The predicted octanol–water partition coefficient (Wildman–Crippen LogP) is 1.77. The van der Waals surface area contributed by atoms with Gasteiger partial charge in [0.25, 0.3) is 0 Å². The molecule has 128 valence electrons. The van der Waals surface area contributed by atoms with Crippen LogP contribution in [0.2, 0.25) is 0 Å². The Morgan fingerprint density at radius 2 is 1.83 bits per heavy atom. The first-order valence-electron chi connectivity index (χ1n) is 7.34. The zero-order chi connectivity index (χ0) is 17.1. The first-order chi connectivity index (χ1) is 10.8. The number of carboxylic acids is 1. The van der Waals surface area contributed by atoms with Crippen molar-refractivity contribution in [1.29, 1.82) is 0 Å². The van der Waals surface area contributed by atoms with Crippen molar-refractivity contribution in [3.05, 3.63) is 18.2 Å². The summed E-state index contributed by atoms with van der Waals surface area (Å²) in [6.07, 6.45) is 2.79. The van der Waals surface area contributed by atoms with Crippen molar-refractivity contribution >= 4 is 16.0 Å². The van der Waals surface area contributed by atoms with Crippen molar-refractivity contribution in [2.45, 2.75) is 42.5 Å². The average molecular weight is 343 g/mol. The molecule has 1 aromatic rings. The largest absolute Gasteiger partial charge is 0.497 e. The average Bonchev–Trinajstić information content (AvgIpc) is 2.54. The first kappa shape index (κ1) is 17.6. The van der Waals surface area contributed by atoms with Crippen molar-refractivity contribution < 1.29 is 27.8 Å². The molecule has 1 aliphatic carbocycles. The van der Waals surface area contributed by atoms with Crippen LogP contribution < -0.4 is 14.2 Å². The third-order valence-corrected chi connectivity index (χ3v) is 5.66. The van der Waals surface area contributed by atoms with Crippen LogP contribution in [-0.4, -0.2) is 39.3 Å². The van der Waals surface area contributed by atoms with Crippen molar-refractivity contribution in [3.63, 3.8) is 0 Å². The molecule has 0 atom stereocenters.